The number of carbonyl (C=O) groups is 2. The van der Waals surface area contributed by atoms with Gasteiger partial charge in [0, 0.05) is 24.2 Å². The Morgan fingerprint density at radius 1 is 0.972 bits per heavy atom. The third-order valence-corrected chi connectivity index (χ3v) is 6.08. The Morgan fingerprint density at radius 3 is 2.36 bits per heavy atom. The van der Waals surface area contributed by atoms with Gasteiger partial charge in [-0.05, 0) is 29.7 Å². The first kappa shape index (κ1) is 24.5. The number of likely N-dealkylation sites (tertiary alicyclic amines) is 1. The molecule has 1 saturated heterocycles. The zero-order valence-electron chi connectivity index (χ0n) is 19.7. The van der Waals surface area contributed by atoms with Crippen LogP contribution in [0.3, 0.4) is 0 Å². The maximum Gasteiger partial charge on any atom is 0.295 e. The first-order chi connectivity index (χ1) is 17.3. The molecule has 1 atom stereocenters. The van der Waals surface area contributed by atoms with Crippen molar-refractivity contribution in [2.45, 2.75) is 12.5 Å². The largest absolute Gasteiger partial charge is 0.507 e. The fourth-order valence-corrected chi connectivity index (χ4v) is 4.30. The van der Waals surface area contributed by atoms with Gasteiger partial charge in [0.15, 0.2) is 11.5 Å². The van der Waals surface area contributed by atoms with Gasteiger partial charge in [0.25, 0.3) is 17.4 Å². The number of hydrogen-bond donors (Lipinski definition) is 1. The molecule has 1 amide bonds. The first-order valence-corrected chi connectivity index (χ1v) is 11.1. The number of Topliss-reactive ketones (excluding diaryl/α,β-unsaturated/α-hetero) is 1. The summed E-state index contributed by atoms with van der Waals surface area (Å²) < 4.78 is 10.6. The number of hydrogen-bond acceptors (Lipinski definition) is 7. The molecule has 0 saturated carbocycles. The third-order valence-electron chi connectivity index (χ3n) is 6.08. The molecule has 184 valence electrons. The Bertz CT molecular complexity index is 1350. The van der Waals surface area contributed by atoms with Gasteiger partial charge in [0.2, 0.25) is 0 Å². The topological polar surface area (TPSA) is 119 Å². The quantitative estimate of drug-likeness (QED) is 0.165. The second-order valence-electron chi connectivity index (χ2n) is 8.15. The van der Waals surface area contributed by atoms with Crippen LogP contribution >= 0.6 is 0 Å². The van der Waals surface area contributed by atoms with Gasteiger partial charge in [-0.15, -0.1) is 0 Å². The molecule has 9 nitrogen and oxygen atoms in total. The van der Waals surface area contributed by atoms with E-state index in [4.69, 9.17) is 9.47 Å². The van der Waals surface area contributed by atoms with Gasteiger partial charge >= 0.3 is 0 Å². The summed E-state index contributed by atoms with van der Waals surface area (Å²) in [6.07, 6.45) is 0.410. The van der Waals surface area contributed by atoms with E-state index in [-0.39, 0.29) is 23.4 Å². The average molecular weight is 488 g/mol. The highest BCUT2D eigenvalue weighted by molar-refractivity contribution is 6.46. The molecule has 1 heterocycles. The van der Waals surface area contributed by atoms with Crippen LogP contribution in [0.2, 0.25) is 0 Å². The molecule has 1 fully saturated rings. The van der Waals surface area contributed by atoms with Crippen LogP contribution in [-0.4, -0.2) is 47.4 Å². The molecule has 0 aromatic heterocycles. The van der Waals surface area contributed by atoms with Crippen molar-refractivity contribution in [3.63, 3.8) is 0 Å². The van der Waals surface area contributed by atoms with Crippen molar-refractivity contribution in [2.75, 3.05) is 20.8 Å². The molecule has 0 aliphatic carbocycles. The SMILES string of the molecule is COc1ccc(CCN2C(=O)C(=O)/C(=C(\O)c3cccc([N+](=O)[O-])c3)C2c2ccccc2)cc1OC. The standard InChI is InChI=1S/C27H24N2O7/c1-35-21-12-11-17(15-22(21)36-2)13-14-28-24(18-7-4-3-5-8-18)23(26(31)27(28)32)25(30)19-9-6-10-20(16-19)29(33)34/h3-12,15-16,24,30H,13-14H2,1-2H3/b25-23-. The molecular weight excluding hydrogens is 464 g/mol. The lowest BCUT2D eigenvalue weighted by atomic mass is 9.95. The highest BCUT2D eigenvalue weighted by Crippen LogP contribution is 2.40. The van der Waals surface area contributed by atoms with E-state index in [1.165, 1.54) is 43.4 Å². The zero-order chi connectivity index (χ0) is 25.8. The number of ketones is 1. The third kappa shape index (κ3) is 4.63. The smallest absolute Gasteiger partial charge is 0.295 e. The number of ether oxygens (including phenoxy) is 2. The summed E-state index contributed by atoms with van der Waals surface area (Å²) in [5.41, 5.74) is 1.23. The van der Waals surface area contributed by atoms with Crippen molar-refractivity contribution in [3.8, 4) is 11.5 Å². The molecule has 4 rings (SSSR count). The van der Waals surface area contributed by atoms with Crippen LogP contribution in [0.4, 0.5) is 5.69 Å². The highest BCUT2D eigenvalue weighted by Gasteiger charge is 2.45. The Kier molecular flexibility index (Phi) is 7.00. The predicted molar refractivity (Wildman–Crippen MR) is 132 cm³/mol. The van der Waals surface area contributed by atoms with E-state index in [1.54, 1.807) is 42.5 Å². The van der Waals surface area contributed by atoms with Gasteiger partial charge in [-0.1, -0.05) is 48.5 Å². The molecule has 0 spiro atoms. The molecule has 9 heteroatoms. The molecule has 3 aromatic rings. The maximum atomic E-state index is 13.1. The molecule has 1 N–H and O–H groups in total. The Hall–Kier alpha value is -4.66. The second-order valence-corrected chi connectivity index (χ2v) is 8.15. The van der Waals surface area contributed by atoms with Gasteiger partial charge in [0.05, 0.1) is 30.8 Å². The van der Waals surface area contributed by atoms with Crippen molar-refractivity contribution in [1.82, 2.24) is 4.90 Å². The number of aliphatic hydroxyl groups excluding tert-OH is 1. The van der Waals surface area contributed by atoms with Crippen LogP contribution in [0.5, 0.6) is 11.5 Å². The lowest BCUT2D eigenvalue weighted by Gasteiger charge is -2.25. The minimum Gasteiger partial charge on any atom is -0.507 e. The zero-order valence-corrected chi connectivity index (χ0v) is 19.7. The van der Waals surface area contributed by atoms with Crippen LogP contribution < -0.4 is 9.47 Å². The summed E-state index contributed by atoms with van der Waals surface area (Å²) in [5, 5.41) is 22.3. The Labute approximate surface area is 207 Å². The monoisotopic (exact) mass is 488 g/mol. The fraction of sp³-hybridized carbons (Fsp3) is 0.185. The van der Waals surface area contributed by atoms with Crippen molar-refractivity contribution in [2.24, 2.45) is 0 Å². The van der Waals surface area contributed by atoms with E-state index >= 15 is 0 Å². The van der Waals surface area contributed by atoms with Crippen LogP contribution in [0.1, 0.15) is 22.7 Å². The van der Waals surface area contributed by atoms with Gasteiger partial charge in [-0.25, -0.2) is 0 Å². The van der Waals surface area contributed by atoms with Crippen molar-refractivity contribution < 1.29 is 29.1 Å². The first-order valence-electron chi connectivity index (χ1n) is 11.1. The van der Waals surface area contributed by atoms with Crippen molar-refractivity contribution in [1.29, 1.82) is 0 Å². The Balaban J connectivity index is 1.74. The van der Waals surface area contributed by atoms with Gasteiger partial charge in [0.1, 0.15) is 5.76 Å². The van der Waals surface area contributed by atoms with E-state index in [2.05, 4.69) is 0 Å². The summed E-state index contributed by atoms with van der Waals surface area (Å²) in [7, 11) is 3.07. The number of amides is 1. The van der Waals surface area contributed by atoms with Gasteiger partial charge in [-0.3, -0.25) is 19.7 Å². The lowest BCUT2D eigenvalue weighted by molar-refractivity contribution is -0.384. The summed E-state index contributed by atoms with van der Waals surface area (Å²) in [6, 6.07) is 18.8. The number of aliphatic hydroxyl groups is 1. The van der Waals surface area contributed by atoms with E-state index in [9.17, 15) is 24.8 Å². The highest BCUT2D eigenvalue weighted by atomic mass is 16.6. The van der Waals surface area contributed by atoms with Crippen LogP contribution in [-0.2, 0) is 16.0 Å². The molecule has 0 radical (unpaired) electrons. The number of rotatable bonds is 8. The molecule has 0 bridgehead atoms. The van der Waals surface area contributed by atoms with Gasteiger partial charge in [-0.2, -0.15) is 0 Å². The molecular formula is C27H24N2O7. The van der Waals surface area contributed by atoms with Crippen LogP contribution in [0.15, 0.2) is 78.4 Å². The summed E-state index contributed by atoms with van der Waals surface area (Å²) >= 11 is 0. The number of benzene rings is 3. The summed E-state index contributed by atoms with van der Waals surface area (Å²) in [5.74, 6) is -0.943. The van der Waals surface area contributed by atoms with Crippen LogP contribution in [0.25, 0.3) is 5.76 Å². The number of carbonyl (C=O) groups excluding carboxylic acids is 2. The van der Waals surface area contributed by atoms with E-state index in [0.717, 1.165) is 5.56 Å². The second kappa shape index (κ2) is 10.3. The molecule has 1 aliphatic rings. The fourth-order valence-electron chi connectivity index (χ4n) is 4.30. The Morgan fingerprint density at radius 2 is 1.69 bits per heavy atom. The number of nitrogens with zero attached hydrogens (tertiary/aromatic N) is 2. The predicted octanol–water partition coefficient (Wildman–Crippen LogP) is 4.28. The van der Waals surface area contributed by atoms with Crippen LogP contribution in [0, 0.1) is 10.1 Å². The number of nitro groups is 1. The molecule has 1 aliphatic heterocycles. The molecule has 36 heavy (non-hydrogen) atoms. The van der Waals surface area contributed by atoms with E-state index in [1.807, 2.05) is 6.07 Å². The van der Waals surface area contributed by atoms with E-state index in [0.29, 0.717) is 23.5 Å². The van der Waals surface area contributed by atoms with Gasteiger partial charge < -0.3 is 19.5 Å². The average Bonchev–Trinajstić information content (AvgIpc) is 3.16. The number of methoxy groups -OCH3 is 2. The van der Waals surface area contributed by atoms with Crippen molar-refractivity contribution in [3.05, 3.63) is 105 Å². The van der Waals surface area contributed by atoms with Crippen molar-refractivity contribution >= 4 is 23.1 Å². The maximum absolute atomic E-state index is 13.1. The van der Waals surface area contributed by atoms with E-state index < -0.39 is 28.4 Å². The molecule has 1 unspecified atom stereocenters. The lowest BCUT2D eigenvalue weighted by Crippen LogP contribution is -2.31. The number of non-ortho nitro benzene ring substituents is 1. The summed E-state index contributed by atoms with van der Waals surface area (Å²) in [4.78, 5) is 38.3. The molecule has 3 aromatic carbocycles. The minimum atomic E-state index is -0.856. The summed E-state index contributed by atoms with van der Waals surface area (Å²) in [6.45, 7) is 0.186. The minimum absolute atomic E-state index is 0.0861. The normalized spacial score (nSPS) is 16.7. The number of nitro benzene ring substituents is 1.